The summed E-state index contributed by atoms with van der Waals surface area (Å²) in [4.78, 5) is 23.9. The Morgan fingerprint density at radius 2 is 2.00 bits per heavy atom. The molecule has 0 unspecified atom stereocenters. The fraction of sp³-hybridized carbons (Fsp3) is 0.450. The minimum Gasteiger partial charge on any atom is -0.366 e. The van der Waals surface area contributed by atoms with Gasteiger partial charge in [-0.2, -0.15) is 5.10 Å². The van der Waals surface area contributed by atoms with E-state index in [1.807, 2.05) is 37.6 Å². The van der Waals surface area contributed by atoms with Crippen LogP contribution in [0.1, 0.15) is 71.6 Å². The van der Waals surface area contributed by atoms with Crippen LogP contribution in [0, 0.1) is 0 Å². The molecule has 1 aliphatic rings. The van der Waals surface area contributed by atoms with Gasteiger partial charge in [0, 0.05) is 18.0 Å². The highest BCUT2D eigenvalue weighted by atomic mass is 16.2. The van der Waals surface area contributed by atoms with Crippen molar-refractivity contribution < 1.29 is 9.59 Å². The van der Waals surface area contributed by atoms with Crippen LogP contribution >= 0.6 is 0 Å². The van der Waals surface area contributed by atoms with Crippen LogP contribution in [0.25, 0.3) is 0 Å². The van der Waals surface area contributed by atoms with Crippen molar-refractivity contribution in [2.75, 3.05) is 6.54 Å². The Hall–Kier alpha value is -2.63. The number of amides is 2. The van der Waals surface area contributed by atoms with Crippen molar-refractivity contribution in [2.24, 2.45) is 5.73 Å². The molecule has 2 amide bonds. The summed E-state index contributed by atoms with van der Waals surface area (Å²) in [6.07, 6.45) is 2.93. The quantitative estimate of drug-likeness (QED) is 0.835. The van der Waals surface area contributed by atoms with E-state index < -0.39 is 5.91 Å². The summed E-state index contributed by atoms with van der Waals surface area (Å²) < 4.78 is 1.82. The van der Waals surface area contributed by atoms with Gasteiger partial charge in [0.25, 0.3) is 5.91 Å². The molecule has 1 aromatic carbocycles. The average molecular weight is 354 g/mol. The summed E-state index contributed by atoms with van der Waals surface area (Å²) in [6.45, 7) is 6.61. The van der Waals surface area contributed by atoms with Crippen molar-refractivity contribution in [3.05, 3.63) is 52.8 Å². The first-order chi connectivity index (χ1) is 12.3. The molecular formula is C20H26N4O2. The summed E-state index contributed by atoms with van der Waals surface area (Å²) in [5.74, 6) is -0.0651. The van der Waals surface area contributed by atoms with E-state index in [9.17, 15) is 9.59 Å². The summed E-state index contributed by atoms with van der Waals surface area (Å²) in [6, 6.07) is 9.09. The number of rotatable bonds is 6. The number of primary amides is 1. The lowest BCUT2D eigenvalue weighted by molar-refractivity contribution is 0.0934. The average Bonchev–Trinajstić information content (AvgIpc) is 3.32. The first-order valence-electron chi connectivity index (χ1n) is 9.03. The molecule has 1 fully saturated rings. The number of nitrogens with zero attached hydrogens (tertiary/aromatic N) is 2. The zero-order valence-electron chi connectivity index (χ0n) is 15.6. The lowest BCUT2D eigenvalue weighted by Crippen LogP contribution is -2.33. The van der Waals surface area contributed by atoms with Gasteiger partial charge in [-0.25, -0.2) is 0 Å². The predicted octanol–water partition coefficient (Wildman–Crippen LogP) is 2.59. The van der Waals surface area contributed by atoms with E-state index in [0.29, 0.717) is 30.1 Å². The summed E-state index contributed by atoms with van der Waals surface area (Å²) >= 11 is 0. The maximum Gasteiger partial charge on any atom is 0.269 e. The van der Waals surface area contributed by atoms with Crippen LogP contribution in [0.3, 0.4) is 0 Å². The molecule has 0 spiro atoms. The van der Waals surface area contributed by atoms with Crippen LogP contribution in [0.2, 0.25) is 0 Å². The molecule has 0 radical (unpaired) electrons. The summed E-state index contributed by atoms with van der Waals surface area (Å²) in [7, 11) is 0. The molecule has 3 rings (SSSR count). The van der Waals surface area contributed by atoms with Gasteiger partial charge >= 0.3 is 0 Å². The van der Waals surface area contributed by atoms with Crippen molar-refractivity contribution in [1.29, 1.82) is 0 Å². The van der Waals surface area contributed by atoms with Gasteiger partial charge in [-0.3, -0.25) is 14.3 Å². The van der Waals surface area contributed by atoms with E-state index in [1.165, 1.54) is 0 Å². The van der Waals surface area contributed by atoms with Gasteiger partial charge in [0.1, 0.15) is 5.69 Å². The van der Waals surface area contributed by atoms with Gasteiger partial charge in [-0.15, -0.1) is 0 Å². The largest absolute Gasteiger partial charge is 0.366 e. The summed E-state index contributed by atoms with van der Waals surface area (Å²) in [5, 5.41) is 7.63. The molecule has 26 heavy (non-hydrogen) atoms. The topological polar surface area (TPSA) is 90.0 Å². The van der Waals surface area contributed by atoms with Crippen LogP contribution in [0.5, 0.6) is 0 Å². The van der Waals surface area contributed by atoms with Crippen LogP contribution in [0.4, 0.5) is 0 Å². The first kappa shape index (κ1) is 18.2. The monoisotopic (exact) mass is 354 g/mol. The zero-order valence-corrected chi connectivity index (χ0v) is 15.6. The third-order valence-corrected chi connectivity index (χ3v) is 4.50. The number of hydrogen-bond donors (Lipinski definition) is 2. The molecule has 138 valence electrons. The molecule has 0 aliphatic heterocycles. The molecule has 1 aliphatic carbocycles. The standard InChI is InChI=1S/C20H26N4O2/c1-20(2,3)24-17(12-16(23-24)14-7-8-14)19(26)22-10-9-13-5-4-6-15(11-13)18(21)25/h4-6,11-12,14H,7-10H2,1-3H3,(H2,21,25)(H,22,26). The van der Waals surface area contributed by atoms with E-state index in [-0.39, 0.29) is 11.4 Å². The lowest BCUT2D eigenvalue weighted by atomic mass is 10.1. The second kappa shape index (κ2) is 6.94. The number of nitrogens with two attached hydrogens (primary N) is 1. The molecule has 1 saturated carbocycles. The van der Waals surface area contributed by atoms with Gasteiger partial charge < -0.3 is 11.1 Å². The van der Waals surface area contributed by atoms with Gasteiger partial charge in [0.05, 0.1) is 11.2 Å². The maximum atomic E-state index is 12.7. The second-order valence-electron chi connectivity index (χ2n) is 7.88. The second-order valence-corrected chi connectivity index (χ2v) is 7.88. The Kier molecular flexibility index (Phi) is 4.85. The fourth-order valence-corrected chi connectivity index (χ4v) is 2.94. The Morgan fingerprint density at radius 3 is 2.62 bits per heavy atom. The van der Waals surface area contributed by atoms with Crippen LogP contribution in [-0.4, -0.2) is 28.1 Å². The maximum absolute atomic E-state index is 12.7. The molecular weight excluding hydrogens is 328 g/mol. The molecule has 6 nitrogen and oxygen atoms in total. The van der Waals surface area contributed by atoms with E-state index in [4.69, 9.17) is 5.73 Å². The Morgan fingerprint density at radius 1 is 1.27 bits per heavy atom. The third-order valence-electron chi connectivity index (χ3n) is 4.50. The van der Waals surface area contributed by atoms with Crippen LogP contribution in [-0.2, 0) is 12.0 Å². The fourth-order valence-electron chi connectivity index (χ4n) is 2.94. The minimum absolute atomic E-state index is 0.120. The number of nitrogens with one attached hydrogen (secondary N) is 1. The minimum atomic E-state index is -0.447. The Bertz CT molecular complexity index is 829. The molecule has 6 heteroatoms. The number of aromatic nitrogens is 2. The molecule has 1 aromatic heterocycles. The molecule has 0 bridgehead atoms. The lowest BCUT2D eigenvalue weighted by Gasteiger charge is -2.22. The highest BCUT2D eigenvalue weighted by Gasteiger charge is 2.31. The van der Waals surface area contributed by atoms with Gasteiger partial charge in [0.2, 0.25) is 5.91 Å². The Balaban J connectivity index is 1.67. The van der Waals surface area contributed by atoms with Gasteiger partial charge in [-0.1, -0.05) is 12.1 Å². The van der Waals surface area contributed by atoms with Gasteiger partial charge in [0.15, 0.2) is 0 Å². The zero-order chi connectivity index (χ0) is 18.9. The number of hydrogen-bond acceptors (Lipinski definition) is 3. The molecule has 1 heterocycles. The number of carbonyl (C=O) groups excluding carboxylic acids is 2. The normalized spacial score (nSPS) is 14.3. The van der Waals surface area contributed by atoms with Crippen molar-refractivity contribution in [3.63, 3.8) is 0 Å². The van der Waals surface area contributed by atoms with Crippen molar-refractivity contribution in [2.45, 2.75) is 51.5 Å². The highest BCUT2D eigenvalue weighted by molar-refractivity contribution is 5.93. The third kappa shape index (κ3) is 4.12. The van der Waals surface area contributed by atoms with Crippen molar-refractivity contribution in [1.82, 2.24) is 15.1 Å². The van der Waals surface area contributed by atoms with Crippen LogP contribution in [0.15, 0.2) is 30.3 Å². The molecule has 0 atom stereocenters. The summed E-state index contributed by atoms with van der Waals surface area (Å²) in [5.41, 5.74) is 8.11. The Labute approximate surface area is 153 Å². The van der Waals surface area contributed by atoms with Crippen molar-refractivity contribution >= 4 is 11.8 Å². The van der Waals surface area contributed by atoms with E-state index in [2.05, 4.69) is 10.4 Å². The van der Waals surface area contributed by atoms with E-state index in [0.717, 1.165) is 24.1 Å². The van der Waals surface area contributed by atoms with Crippen LogP contribution < -0.4 is 11.1 Å². The van der Waals surface area contributed by atoms with E-state index >= 15 is 0 Å². The molecule has 2 aromatic rings. The smallest absolute Gasteiger partial charge is 0.269 e. The molecule has 0 saturated heterocycles. The van der Waals surface area contributed by atoms with Crippen molar-refractivity contribution in [3.8, 4) is 0 Å². The predicted molar refractivity (Wildman–Crippen MR) is 100 cm³/mol. The number of benzene rings is 1. The first-order valence-corrected chi connectivity index (χ1v) is 9.03. The highest BCUT2D eigenvalue weighted by Crippen LogP contribution is 2.40. The van der Waals surface area contributed by atoms with Gasteiger partial charge in [-0.05, 0) is 63.8 Å². The number of carbonyl (C=O) groups is 2. The molecule has 3 N–H and O–H groups in total. The SMILES string of the molecule is CC(C)(C)n1nc(C2CC2)cc1C(=O)NCCc1cccc(C(N)=O)c1. The van der Waals surface area contributed by atoms with E-state index in [1.54, 1.807) is 18.2 Å².